The lowest BCUT2D eigenvalue weighted by atomic mass is 9.97. The van der Waals surface area contributed by atoms with Gasteiger partial charge in [0.2, 0.25) is 0 Å². The first-order chi connectivity index (χ1) is 16.4. The zero-order valence-corrected chi connectivity index (χ0v) is 20.8. The minimum absolute atomic E-state index is 0.0702. The highest BCUT2D eigenvalue weighted by atomic mass is 32.1. The lowest BCUT2D eigenvalue weighted by Crippen LogP contribution is -2.12. The molecule has 0 saturated heterocycles. The van der Waals surface area contributed by atoms with E-state index in [9.17, 15) is 9.59 Å². The van der Waals surface area contributed by atoms with Crippen LogP contribution in [0.4, 0.5) is 0 Å². The van der Waals surface area contributed by atoms with Gasteiger partial charge in [0.1, 0.15) is 16.9 Å². The van der Waals surface area contributed by atoms with E-state index in [1.54, 1.807) is 11.3 Å². The quantitative estimate of drug-likeness (QED) is 0.282. The molecule has 0 spiro atoms. The van der Waals surface area contributed by atoms with Gasteiger partial charge in [-0.3, -0.25) is 19.1 Å². The standard InChI is InChI=1S/C25H22N4O3S2/c1-13-14(2)34-25-22(13)23(17-7-5-16(6-8-17)18-9-10-33-20(18)12-30)26-19(11-21(31)32-4)24-28-27-15(3)29(24)25/h5-10,12,19H,11H2,1-4H3/t19-/m0/s1. The maximum Gasteiger partial charge on any atom is 0.308 e. The molecule has 34 heavy (non-hydrogen) atoms. The highest BCUT2D eigenvalue weighted by Crippen LogP contribution is 2.40. The topological polar surface area (TPSA) is 86.4 Å². The third-order valence-corrected chi connectivity index (χ3v) is 8.13. The molecule has 1 aromatic carbocycles. The van der Waals surface area contributed by atoms with Crippen LogP contribution in [0.3, 0.4) is 0 Å². The fourth-order valence-corrected chi connectivity index (χ4v) is 6.16. The Morgan fingerprint density at radius 2 is 1.85 bits per heavy atom. The zero-order valence-electron chi connectivity index (χ0n) is 19.2. The summed E-state index contributed by atoms with van der Waals surface area (Å²) in [6.45, 7) is 6.10. The number of carbonyl (C=O) groups excluding carboxylic acids is 2. The molecule has 0 fully saturated rings. The first-order valence-electron chi connectivity index (χ1n) is 10.7. The van der Waals surface area contributed by atoms with E-state index in [1.165, 1.54) is 23.3 Å². The van der Waals surface area contributed by atoms with Crippen molar-refractivity contribution in [1.82, 2.24) is 14.8 Å². The number of aldehydes is 1. The number of benzene rings is 1. The van der Waals surface area contributed by atoms with Crippen molar-refractivity contribution < 1.29 is 14.3 Å². The molecular weight excluding hydrogens is 468 g/mol. The van der Waals surface area contributed by atoms with Gasteiger partial charge in [0.05, 0.1) is 24.1 Å². The number of carbonyl (C=O) groups is 2. The van der Waals surface area contributed by atoms with Gasteiger partial charge in [0, 0.05) is 21.6 Å². The average molecular weight is 491 g/mol. The molecule has 0 aliphatic carbocycles. The minimum Gasteiger partial charge on any atom is -0.469 e. The molecule has 4 heterocycles. The average Bonchev–Trinajstić information content (AvgIpc) is 3.52. The number of hydrogen-bond acceptors (Lipinski definition) is 8. The highest BCUT2D eigenvalue weighted by Gasteiger charge is 2.32. The number of methoxy groups -OCH3 is 1. The lowest BCUT2D eigenvalue weighted by Gasteiger charge is -2.12. The molecule has 7 nitrogen and oxygen atoms in total. The van der Waals surface area contributed by atoms with Gasteiger partial charge in [-0.15, -0.1) is 32.9 Å². The molecule has 0 N–H and O–H groups in total. The first-order valence-corrected chi connectivity index (χ1v) is 12.4. The molecule has 0 unspecified atom stereocenters. The van der Waals surface area contributed by atoms with Crippen LogP contribution in [0.25, 0.3) is 16.1 Å². The van der Waals surface area contributed by atoms with Crippen LogP contribution in [0.5, 0.6) is 0 Å². The summed E-state index contributed by atoms with van der Waals surface area (Å²) >= 11 is 3.10. The molecule has 0 radical (unpaired) electrons. The SMILES string of the molecule is COC(=O)C[C@@H]1N=C(c2ccc(-c3ccsc3C=O)cc2)c2c(sc(C)c2C)-n2c(C)nnc21. The lowest BCUT2D eigenvalue weighted by molar-refractivity contribution is -0.141. The molecule has 9 heteroatoms. The monoisotopic (exact) mass is 490 g/mol. The van der Waals surface area contributed by atoms with Crippen molar-refractivity contribution in [3.63, 3.8) is 0 Å². The maximum atomic E-state index is 12.2. The Morgan fingerprint density at radius 1 is 1.12 bits per heavy atom. The van der Waals surface area contributed by atoms with Crippen LogP contribution in [0, 0.1) is 20.8 Å². The second kappa shape index (κ2) is 8.73. The summed E-state index contributed by atoms with van der Waals surface area (Å²) in [6.07, 6.45) is 0.961. The van der Waals surface area contributed by atoms with E-state index in [0.29, 0.717) is 10.7 Å². The van der Waals surface area contributed by atoms with Crippen molar-refractivity contribution in [1.29, 1.82) is 0 Å². The summed E-state index contributed by atoms with van der Waals surface area (Å²) in [5.41, 5.74) is 5.79. The molecule has 0 saturated carbocycles. The highest BCUT2D eigenvalue weighted by molar-refractivity contribution is 7.15. The van der Waals surface area contributed by atoms with Crippen LogP contribution in [-0.4, -0.2) is 39.8 Å². The van der Waals surface area contributed by atoms with Crippen LogP contribution in [0.1, 0.15) is 55.4 Å². The molecule has 1 aliphatic heterocycles. The molecule has 3 aromatic heterocycles. The largest absolute Gasteiger partial charge is 0.469 e. The van der Waals surface area contributed by atoms with Crippen molar-refractivity contribution in [2.45, 2.75) is 33.2 Å². The third-order valence-electron chi connectivity index (χ3n) is 6.10. The van der Waals surface area contributed by atoms with E-state index in [1.807, 2.05) is 47.2 Å². The van der Waals surface area contributed by atoms with Crippen molar-refractivity contribution in [2.24, 2.45) is 4.99 Å². The van der Waals surface area contributed by atoms with Crippen molar-refractivity contribution >= 4 is 40.6 Å². The van der Waals surface area contributed by atoms with Gasteiger partial charge < -0.3 is 4.74 Å². The molecule has 172 valence electrons. The molecule has 1 atom stereocenters. The van der Waals surface area contributed by atoms with Crippen molar-refractivity contribution in [2.75, 3.05) is 7.11 Å². The Balaban J connectivity index is 1.69. The number of ether oxygens (including phenoxy) is 1. The minimum atomic E-state index is -0.527. The Kier molecular flexibility index (Phi) is 5.75. The number of rotatable bonds is 5. The van der Waals surface area contributed by atoms with Gasteiger partial charge in [-0.25, -0.2) is 0 Å². The van der Waals surface area contributed by atoms with Crippen molar-refractivity contribution in [3.05, 3.63) is 73.8 Å². The van der Waals surface area contributed by atoms with Gasteiger partial charge in [-0.05, 0) is 43.3 Å². The van der Waals surface area contributed by atoms with Crippen LogP contribution in [-0.2, 0) is 9.53 Å². The number of aromatic nitrogens is 3. The number of esters is 1. The molecule has 0 bridgehead atoms. The second-order valence-corrected chi connectivity index (χ2v) is 10.2. The van der Waals surface area contributed by atoms with Crippen LogP contribution >= 0.6 is 22.7 Å². The van der Waals surface area contributed by atoms with Gasteiger partial charge in [0.25, 0.3) is 0 Å². The van der Waals surface area contributed by atoms with E-state index >= 15 is 0 Å². The van der Waals surface area contributed by atoms with Crippen molar-refractivity contribution in [3.8, 4) is 16.1 Å². The normalized spacial score (nSPS) is 14.7. The fourth-order valence-electron chi connectivity index (χ4n) is 4.22. The number of aryl methyl sites for hydroxylation is 2. The number of aliphatic imine (C=N–C) groups is 1. The Hall–Kier alpha value is -3.43. The number of fused-ring (bicyclic) bond motifs is 3. The summed E-state index contributed by atoms with van der Waals surface area (Å²) in [5, 5.41) is 11.6. The Labute approximate surface area is 204 Å². The Bertz CT molecular complexity index is 1440. The second-order valence-electron chi connectivity index (χ2n) is 8.07. The summed E-state index contributed by atoms with van der Waals surface area (Å²) < 4.78 is 6.96. The van der Waals surface area contributed by atoms with Gasteiger partial charge in [0.15, 0.2) is 12.1 Å². The first kappa shape index (κ1) is 22.4. The predicted octanol–water partition coefficient (Wildman–Crippen LogP) is 5.25. The number of nitrogens with zero attached hydrogens (tertiary/aromatic N) is 4. The fraction of sp³-hybridized carbons (Fsp3) is 0.240. The van der Waals surface area contributed by atoms with E-state index in [4.69, 9.17) is 9.73 Å². The molecule has 0 amide bonds. The van der Waals surface area contributed by atoms with Gasteiger partial charge in [-0.2, -0.15) is 0 Å². The zero-order chi connectivity index (χ0) is 24.0. The van der Waals surface area contributed by atoms with Crippen LogP contribution in [0.15, 0.2) is 40.7 Å². The molecular formula is C25H22N4O3S2. The predicted molar refractivity (Wildman–Crippen MR) is 134 cm³/mol. The maximum absolute atomic E-state index is 12.2. The van der Waals surface area contributed by atoms with E-state index < -0.39 is 6.04 Å². The summed E-state index contributed by atoms with van der Waals surface area (Å²) in [5.74, 6) is 1.02. The molecule has 5 rings (SSSR count). The molecule has 4 aromatic rings. The van der Waals surface area contributed by atoms with Gasteiger partial charge in [-0.1, -0.05) is 24.3 Å². The number of hydrogen-bond donors (Lipinski definition) is 0. The summed E-state index contributed by atoms with van der Waals surface area (Å²) in [6, 6.07) is 9.48. The van der Waals surface area contributed by atoms with E-state index in [0.717, 1.165) is 50.6 Å². The van der Waals surface area contributed by atoms with E-state index in [-0.39, 0.29) is 12.4 Å². The third kappa shape index (κ3) is 3.61. The van der Waals surface area contributed by atoms with Gasteiger partial charge >= 0.3 is 5.97 Å². The van der Waals surface area contributed by atoms with Crippen LogP contribution in [0.2, 0.25) is 0 Å². The summed E-state index contributed by atoms with van der Waals surface area (Å²) in [7, 11) is 1.38. The van der Waals surface area contributed by atoms with E-state index in [2.05, 4.69) is 24.0 Å². The molecule has 1 aliphatic rings. The van der Waals surface area contributed by atoms with Crippen LogP contribution < -0.4 is 0 Å². The number of thiophene rings is 2. The summed E-state index contributed by atoms with van der Waals surface area (Å²) in [4.78, 5) is 30.6. The Morgan fingerprint density at radius 3 is 2.56 bits per heavy atom. The smallest absolute Gasteiger partial charge is 0.308 e.